The Bertz CT molecular complexity index is 1150. The Morgan fingerprint density at radius 2 is 1.76 bits per heavy atom. The SMILES string of the molecule is COCCOC(=O)C1C(C)=NC2=C(C(=O)C[C@@H](c3ccccc3)C2)[C@@H]1c1ccc([N+](=O)[O-])cc1. The smallest absolute Gasteiger partial charge is 0.315 e. The van der Waals surface area contributed by atoms with Crippen molar-refractivity contribution in [3.63, 3.8) is 0 Å². The normalized spacial score (nSPS) is 22.1. The third kappa shape index (κ3) is 4.68. The number of hydrogen-bond donors (Lipinski definition) is 0. The van der Waals surface area contributed by atoms with Gasteiger partial charge in [0, 0.05) is 48.6 Å². The first-order chi connectivity index (χ1) is 16.4. The third-order valence-corrected chi connectivity index (χ3v) is 6.41. The first-order valence-corrected chi connectivity index (χ1v) is 11.2. The second-order valence-electron chi connectivity index (χ2n) is 8.52. The number of non-ortho nitro benzene ring substituents is 1. The van der Waals surface area contributed by atoms with Crippen molar-refractivity contribution >= 4 is 23.2 Å². The van der Waals surface area contributed by atoms with E-state index in [1.54, 1.807) is 19.1 Å². The fraction of sp³-hybridized carbons (Fsp3) is 0.346. The number of benzene rings is 2. The summed E-state index contributed by atoms with van der Waals surface area (Å²) in [7, 11) is 1.52. The van der Waals surface area contributed by atoms with Gasteiger partial charge in [0.05, 0.1) is 11.5 Å². The van der Waals surface area contributed by atoms with Crippen molar-refractivity contribution in [1.29, 1.82) is 0 Å². The van der Waals surface area contributed by atoms with Crippen LogP contribution in [0.15, 0.2) is 70.9 Å². The van der Waals surface area contributed by atoms with Crippen molar-refractivity contribution in [2.75, 3.05) is 20.3 Å². The molecule has 8 nitrogen and oxygen atoms in total. The monoisotopic (exact) mass is 462 g/mol. The number of rotatable bonds is 7. The van der Waals surface area contributed by atoms with Gasteiger partial charge in [0.15, 0.2) is 5.78 Å². The predicted molar refractivity (Wildman–Crippen MR) is 126 cm³/mol. The van der Waals surface area contributed by atoms with Gasteiger partial charge in [-0.25, -0.2) is 0 Å². The van der Waals surface area contributed by atoms with E-state index in [1.807, 2.05) is 30.3 Å². The molecule has 1 heterocycles. The van der Waals surface area contributed by atoms with Crippen LogP contribution in [0.5, 0.6) is 0 Å². The molecule has 1 unspecified atom stereocenters. The number of esters is 1. The molecule has 0 fully saturated rings. The van der Waals surface area contributed by atoms with Crippen molar-refractivity contribution in [3.05, 3.63) is 87.1 Å². The molecule has 0 saturated heterocycles. The first kappa shape index (κ1) is 23.5. The number of carbonyl (C=O) groups is 2. The van der Waals surface area contributed by atoms with Gasteiger partial charge in [-0.05, 0) is 30.4 Å². The predicted octanol–water partition coefficient (Wildman–Crippen LogP) is 4.36. The summed E-state index contributed by atoms with van der Waals surface area (Å²) in [6.45, 7) is 2.10. The van der Waals surface area contributed by atoms with Crippen LogP contribution in [-0.4, -0.2) is 42.7 Å². The minimum absolute atomic E-state index is 0.00622. The zero-order chi connectivity index (χ0) is 24.2. The first-order valence-electron chi connectivity index (χ1n) is 11.2. The van der Waals surface area contributed by atoms with E-state index in [-0.39, 0.29) is 30.6 Å². The highest BCUT2D eigenvalue weighted by Crippen LogP contribution is 2.47. The van der Waals surface area contributed by atoms with Gasteiger partial charge >= 0.3 is 5.97 Å². The van der Waals surface area contributed by atoms with E-state index >= 15 is 0 Å². The zero-order valence-corrected chi connectivity index (χ0v) is 19.1. The molecule has 2 aromatic rings. The summed E-state index contributed by atoms with van der Waals surface area (Å²) in [4.78, 5) is 42.0. The molecule has 8 heteroatoms. The molecular weight excluding hydrogens is 436 g/mol. The summed E-state index contributed by atoms with van der Waals surface area (Å²) >= 11 is 0. The number of carbonyl (C=O) groups excluding carboxylic acids is 2. The van der Waals surface area contributed by atoms with E-state index in [1.165, 1.54) is 19.2 Å². The van der Waals surface area contributed by atoms with Crippen LogP contribution in [0.25, 0.3) is 0 Å². The Morgan fingerprint density at radius 1 is 1.06 bits per heavy atom. The standard InChI is InChI=1S/C26H26N2O6/c1-16-23(26(30)34-13-12-33-2)24(18-8-10-20(11-9-18)28(31)32)25-21(27-16)14-19(15-22(25)29)17-6-4-3-5-7-17/h3-11,19,23-24H,12-15H2,1-2H3/t19-,23?,24+/m0/s1. The van der Waals surface area contributed by atoms with E-state index < -0.39 is 22.7 Å². The number of Topliss-reactive ketones (excluding diaryl/α,β-unsaturated/α-hetero) is 1. The number of nitro benzene ring substituents is 1. The summed E-state index contributed by atoms with van der Waals surface area (Å²) < 4.78 is 10.4. The molecule has 34 heavy (non-hydrogen) atoms. The van der Waals surface area contributed by atoms with Crippen LogP contribution >= 0.6 is 0 Å². The third-order valence-electron chi connectivity index (χ3n) is 6.41. The van der Waals surface area contributed by atoms with Gasteiger partial charge in [0.25, 0.3) is 5.69 Å². The van der Waals surface area contributed by atoms with Crippen LogP contribution in [-0.2, 0) is 19.1 Å². The van der Waals surface area contributed by atoms with Crippen LogP contribution in [0, 0.1) is 16.0 Å². The maximum Gasteiger partial charge on any atom is 0.315 e. The largest absolute Gasteiger partial charge is 0.463 e. The molecule has 176 valence electrons. The fourth-order valence-corrected chi connectivity index (χ4v) is 4.80. The van der Waals surface area contributed by atoms with Crippen molar-refractivity contribution in [2.24, 2.45) is 10.9 Å². The summed E-state index contributed by atoms with van der Waals surface area (Å²) in [5.41, 5.74) is 3.39. The van der Waals surface area contributed by atoms with Crippen molar-refractivity contribution < 1.29 is 24.0 Å². The number of nitro groups is 1. The van der Waals surface area contributed by atoms with E-state index in [4.69, 9.17) is 14.5 Å². The molecule has 0 amide bonds. The number of hydrogen-bond acceptors (Lipinski definition) is 7. The average Bonchev–Trinajstić information content (AvgIpc) is 2.83. The molecule has 4 rings (SSSR count). The minimum atomic E-state index is -0.797. The van der Waals surface area contributed by atoms with E-state index in [2.05, 4.69) is 0 Å². The molecule has 2 aromatic carbocycles. The number of methoxy groups -OCH3 is 1. The highest BCUT2D eigenvalue weighted by molar-refractivity contribution is 6.09. The van der Waals surface area contributed by atoms with E-state index in [9.17, 15) is 19.7 Å². The maximum atomic E-state index is 13.5. The van der Waals surface area contributed by atoms with Crippen molar-refractivity contribution in [1.82, 2.24) is 0 Å². The molecular formula is C26H26N2O6. The van der Waals surface area contributed by atoms with Crippen molar-refractivity contribution in [2.45, 2.75) is 31.6 Å². The average molecular weight is 463 g/mol. The summed E-state index contributed by atoms with van der Waals surface area (Å²) in [6.07, 6.45) is 0.893. The second kappa shape index (κ2) is 10.1. The number of allylic oxidation sites excluding steroid dienone is 2. The fourth-order valence-electron chi connectivity index (χ4n) is 4.80. The lowest BCUT2D eigenvalue weighted by Crippen LogP contribution is -2.38. The molecule has 3 atom stereocenters. The Hall–Kier alpha value is -3.65. The van der Waals surface area contributed by atoms with Gasteiger partial charge in [-0.3, -0.25) is 24.7 Å². The highest BCUT2D eigenvalue weighted by Gasteiger charge is 2.44. The number of aliphatic imine (C=N–C) groups is 1. The Morgan fingerprint density at radius 3 is 2.41 bits per heavy atom. The minimum Gasteiger partial charge on any atom is -0.463 e. The van der Waals surface area contributed by atoms with Gasteiger partial charge in [-0.2, -0.15) is 0 Å². The van der Waals surface area contributed by atoms with Crippen LogP contribution in [0.1, 0.15) is 42.7 Å². The van der Waals surface area contributed by atoms with Gasteiger partial charge in [-0.1, -0.05) is 42.5 Å². The molecule has 0 aromatic heterocycles. The van der Waals surface area contributed by atoms with Crippen LogP contribution < -0.4 is 0 Å². The topological polar surface area (TPSA) is 108 Å². The summed E-state index contributed by atoms with van der Waals surface area (Å²) in [5, 5.41) is 11.1. The van der Waals surface area contributed by atoms with E-state index in [0.717, 1.165) is 5.56 Å². The molecule has 0 radical (unpaired) electrons. The Labute approximate surface area is 197 Å². The molecule has 1 aliphatic heterocycles. The number of ketones is 1. The van der Waals surface area contributed by atoms with E-state index in [0.29, 0.717) is 35.4 Å². The molecule has 1 aliphatic carbocycles. The molecule has 0 saturated carbocycles. The lowest BCUT2D eigenvalue weighted by Gasteiger charge is -2.36. The number of ether oxygens (including phenoxy) is 2. The molecule has 0 spiro atoms. The van der Waals surface area contributed by atoms with Gasteiger partial charge in [-0.15, -0.1) is 0 Å². The van der Waals surface area contributed by atoms with Crippen LogP contribution in [0.2, 0.25) is 0 Å². The van der Waals surface area contributed by atoms with Gasteiger partial charge in [0.2, 0.25) is 0 Å². The van der Waals surface area contributed by atoms with Crippen molar-refractivity contribution in [3.8, 4) is 0 Å². The van der Waals surface area contributed by atoms with Gasteiger partial charge < -0.3 is 9.47 Å². The Kier molecular flexibility index (Phi) is 6.98. The zero-order valence-electron chi connectivity index (χ0n) is 19.1. The summed E-state index contributed by atoms with van der Waals surface area (Å²) in [6, 6.07) is 15.9. The summed E-state index contributed by atoms with van der Waals surface area (Å²) in [5.74, 6) is -1.97. The maximum absolute atomic E-state index is 13.5. The van der Waals surface area contributed by atoms with Crippen LogP contribution in [0.3, 0.4) is 0 Å². The second-order valence-corrected chi connectivity index (χ2v) is 8.52. The molecule has 0 bridgehead atoms. The molecule has 2 aliphatic rings. The Balaban J connectivity index is 1.75. The highest BCUT2D eigenvalue weighted by atomic mass is 16.6. The quantitative estimate of drug-likeness (QED) is 0.262. The lowest BCUT2D eigenvalue weighted by atomic mass is 9.69. The van der Waals surface area contributed by atoms with Gasteiger partial charge in [0.1, 0.15) is 12.5 Å². The van der Waals surface area contributed by atoms with Crippen LogP contribution in [0.4, 0.5) is 5.69 Å². The molecule has 0 N–H and O–H groups in total. The lowest BCUT2D eigenvalue weighted by molar-refractivity contribution is -0.384. The number of nitrogens with zero attached hydrogens (tertiary/aromatic N) is 2.